The van der Waals surface area contributed by atoms with E-state index in [0.717, 1.165) is 0 Å². The molecule has 6 heteroatoms. The number of benzene rings is 1. The molecule has 0 saturated carbocycles. The summed E-state index contributed by atoms with van der Waals surface area (Å²) in [6.45, 7) is -0.0349. The molecule has 88 valence electrons. The maximum Gasteiger partial charge on any atom is 0.262 e. The number of carbonyl (C=O) groups excluding carboxylic acids is 1. The van der Waals surface area contributed by atoms with Crippen molar-refractivity contribution in [2.75, 3.05) is 26.1 Å². The first kappa shape index (κ1) is 12.1. The number of anilines is 1. The molecule has 3 N–H and O–H groups in total. The molecule has 0 heterocycles. The summed E-state index contributed by atoms with van der Waals surface area (Å²) in [4.78, 5) is 10.8. The largest absolute Gasteiger partial charge is 0.497 e. The molecule has 1 amide bonds. The maximum absolute atomic E-state index is 10.8. The van der Waals surface area contributed by atoms with Gasteiger partial charge in [0.15, 0.2) is 0 Å². The quantitative estimate of drug-likeness (QED) is 0.506. The Bertz CT molecular complexity index is 346. The number of nitrogens with one attached hydrogen (secondary N) is 2. The van der Waals surface area contributed by atoms with E-state index in [0.29, 0.717) is 17.2 Å². The van der Waals surface area contributed by atoms with Gasteiger partial charge in [-0.2, -0.15) is 0 Å². The number of amides is 1. The number of ether oxygens (including phenoxy) is 2. The molecular formula is C10H14N2O4. The summed E-state index contributed by atoms with van der Waals surface area (Å²) in [5, 5.41) is 11.1. The van der Waals surface area contributed by atoms with Gasteiger partial charge in [0.2, 0.25) is 0 Å². The fraction of sp³-hybridized carbons (Fsp3) is 0.300. The Hall–Kier alpha value is -1.95. The Morgan fingerprint density at radius 2 is 1.81 bits per heavy atom. The van der Waals surface area contributed by atoms with E-state index in [1.54, 1.807) is 32.4 Å². The predicted octanol–water partition coefficient (Wildman–Crippen LogP) is 0.621. The standard InChI is InChI=1S/C10H14N2O4/c1-15-8-3-7(4-9(5-8)16-2)11-6-10(13)12-14/h3-5,11,14H,6H2,1-2H3,(H,12,13). The van der Waals surface area contributed by atoms with Crippen LogP contribution in [0.1, 0.15) is 0 Å². The van der Waals surface area contributed by atoms with Crippen LogP contribution in [0.3, 0.4) is 0 Å². The molecule has 0 atom stereocenters. The van der Waals surface area contributed by atoms with Gasteiger partial charge in [-0.15, -0.1) is 0 Å². The van der Waals surface area contributed by atoms with E-state index in [4.69, 9.17) is 14.7 Å². The molecule has 1 aromatic carbocycles. The molecule has 0 spiro atoms. The average molecular weight is 226 g/mol. The Morgan fingerprint density at radius 3 is 2.25 bits per heavy atom. The number of rotatable bonds is 5. The SMILES string of the molecule is COc1cc(NCC(=O)NO)cc(OC)c1. The van der Waals surface area contributed by atoms with Crippen LogP contribution in [0.15, 0.2) is 18.2 Å². The van der Waals surface area contributed by atoms with Gasteiger partial charge >= 0.3 is 0 Å². The lowest BCUT2D eigenvalue weighted by atomic mass is 10.2. The third kappa shape index (κ3) is 3.32. The summed E-state index contributed by atoms with van der Waals surface area (Å²) in [5.41, 5.74) is 2.19. The lowest BCUT2D eigenvalue weighted by Crippen LogP contribution is -2.26. The zero-order valence-electron chi connectivity index (χ0n) is 9.11. The van der Waals surface area contributed by atoms with Gasteiger partial charge in [-0.25, -0.2) is 5.48 Å². The van der Waals surface area contributed by atoms with Crippen molar-refractivity contribution < 1.29 is 19.5 Å². The summed E-state index contributed by atoms with van der Waals surface area (Å²) in [5.74, 6) is 0.708. The molecule has 0 aliphatic heterocycles. The van der Waals surface area contributed by atoms with Gasteiger partial charge in [0.1, 0.15) is 11.5 Å². The van der Waals surface area contributed by atoms with Gasteiger partial charge in [0.25, 0.3) is 5.91 Å². The molecular weight excluding hydrogens is 212 g/mol. The molecule has 1 rings (SSSR count). The maximum atomic E-state index is 10.8. The minimum absolute atomic E-state index is 0.0349. The van der Waals surface area contributed by atoms with E-state index in [2.05, 4.69) is 5.32 Å². The van der Waals surface area contributed by atoms with Crippen LogP contribution in [0.5, 0.6) is 11.5 Å². The molecule has 0 unspecified atom stereocenters. The molecule has 0 aliphatic carbocycles. The summed E-state index contributed by atoms with van der Waals surface area (Å²) in [6, 6.07) is 5.15. The summed E-state index contributed by atoms with van der Waals surface area (Å²) >= 11 is 0. The van der Waals surface area contributed by atoms with Gasteiger partial charge < -0.3 is 14.8 Å². The van der Waals surface area contributed by atoms with Crippen LogP contribution < -0.4 is 20.3 Å². The number of hydrogen-bond donors (Lipinski definition) is 3. The first-order valence-electron chi connectivity index (χ1n) is 4.59. The van der Waals surface area contributed by atoms with Crippen molar-refractivity contribution in [3.63, 3.8) is 0 Å². The second kappa shape index (κ2) is 5.82. The topological polar surface area (TPSA) is 79.8 Å². The molecule has 16 heavy (non-hydrogen) atoms. The fourth-order valence-electron chi connectivity index (χ4n) is 1.13. The highest BCUT2D eigenvalue weighted by Crippen LogP contribution is 2.25. The number of hydrogen-bond acceptors (Lipinski definition) is 5. The summed E-state index contributed by atoms with van der Waals surface area (Å²) in [6.07, 6.45) is 0. The first-order chi connectivity index (χ1) is 7.69. The molecule has 0 aromatic heterocycles. The van der Waals surface area contributed by atoms with Crippen LogP contribution in [-0.4, -0.2) is 31.9 Å². The number of methoxy groups -OCH3 is 2. The molecule has 1 aromatic rings. The van der Waals surface area contributed by atoms with Crippen molar-refractivity contribution in [3.8, 4) is 11.5 Å². The lowest BCUT2D eigenvalue weighted by molar-refractivity contribution is -0.127. The van der Waals surface area contributed by atoms with Crippen molar-refractivity contribution in [2.24, 2.45) is 0 Å². The Morgan fingerprint density at radius 1 is 1.25 bits per heavy atom. The van der Waals surface area contributed by atoms with Crippen molar-refractivity contribution in [1.29, 1.82) is 0 Å². The van der Waals surface area contributed by atoms with Crippen LogP contribution in [0.4, 0.5) is 5.69 Å². The number of hydroxylamine groups is 1. The van der Waals surface area contributed by atoms with Gasteiger partial charge in [-0.3, -0.25) is 10.0 Å². The highest BCUT2D eigenvalue weighted by atomic mass is 16.5. The van der Waals surface area contributed by atoms with Gasteiger partial charge in [0.05, 0.1) is 20.8 Å². The normalized spacial score (nSPS) is 9.44. The third-order valence-corrected chi connectivity index (χ3v) is 1.93. The van der Waals surface area contributed by atoms with Crippen LogP contribution in [0, 0.1) is 0 Å². The Kier molecular flexibility index (Phi) is 4.41. The van der Waals surface area contributed by atoms with Gasteiger partial charge in [0, 0.05) is 23.9 Å². The second-order valence-electron chi connectivity index (χ2n) is 2.99. The summed E-state index contributed by atoms with van der Waals surface area (Å²) < 4.78 is 10.1. The minimum Gasteiger partial charge on any atom is -0.497 e. The highest BCUT2D eigenvalue weighted by molar-refractivity contribution is 5.79. The third-order valence-electron chi connectivity index (χ3n) is 1.93. The zero-order valence-corrected chi connectivity index (χ0v) is 9.11. The fourth-order valence-corrected chi connectivity index (χ4v) is 1.13. The van der Waals surface area contributed by atoms with E-state index in [-0.39, 0.29) is 6.54 Å². The smallest absolute Gasteiger partial charge is 0.262 e. The van der Waals surface area contributed by atoms with Crippen molar-refractivity contribution in [3.05, 3.63) is 18.2 Å². The molecule has 0 radical (unpaired) electrons. The van der Waals surface area contributed by atoms with Gasteiger partial charge in [-0.05, 0) is 0 Å². The van der Waals surface area contributed by atoms with Crippen molar-refractivity contribution >= 4 is 11.6 Å². The number of carbonyl (C=O) groups is 1. The van der Waals surface area contributed by atoms with E-state index >= 15 is 0 Å². The first-order valence-corrected chi connectivity index (χ1v) is 4.59. The van der Waals surface area contributed by atoms with Crippen LogP contribution in [0.2, 0.25) is 0 Å². The molecule has 0 saturated heterocycles. The van der Waals surface area contributed by atoms with E-state index in [1.807, 2.05) is 0 Å². The van der Waals surface area contributed by atoms with Crippen LogP contribution in [-0.2, 0) is 4.79 Å². The molecule has 6 nitrogen and oxygen atoms in total. The molecule has 0 bridgehead atoms. The predicted molar refractivity (Wildman–Crippen MR) is 58.0 cm³/mol. The minimum atomic E-state index is -0.526. The van der Waals surface area contributed by atoms with E-state index < -0.39 is 5.91 Å². The zero-order chi connectivity index (χ0) is 12.0. The van der Waals surface area contributed by atoms with Crippen LogP contribution in [0.25, 0.3) is 0 Å². The second-order valence-corrected chi connectivity index (χ2v) is 2.99. The van der Waals surface area contributed by atoms with Gasteiger partial charge in [-0.1, -0.05) is 0 Å². The average Bonchev–Trinajstić information content (AvgIpc) is 2.35. The van der Waals surface area contributed by atoms with E-state index in [1.165, 1.54) is 5.48 Å². The van der Waals surface area contributed by atoms with E-state index in [9.17, 15) is 4.79 Å². The summed E-state index contributed by atoms with van der Waals surface area (Å²) in [7, 11) is 3.08. The molecule has 0 aliphatic rings. The Balaban J connectivity index is 2.74. The Labute approximate surface area is 93.1 Å². The highest BCUT2D eigenvalue weighted by Gasteiger charge is 2.03. The lowest BCUT2D eigenvalue weighted by Gasteiger charge is -2.09. The van der Waals surface area contributed by atoms with Crippen LogP contribution >= 0.6 is 0 Å². The molecule has 0 fully saturated rings. The monoisotopic (exact) mass is 226 g/mol. The van der Waals surface area contributed by atoms with Crippen molar-refractivity contribution in [2.45, 2.75) is 0 Å². The van der Waals surface area contributed by atoms with Crippen molar-refractivity contribution in [1.82, 2.24) is 5.48 Å².